The molecule has 0 spiro atoms. The van der Waals surface area contributed by atoms with E-state index in [-0.39, 0.29) is 22.8 Å². The first kappa shape index (κ1) is 13.4. The first-order valence-electron chi connectivity index (χ1n) is 4.82. The molecule has 1 aromatic rings. The maximum atomic E-state index is 11.6. The van der Waals surface area contributed by atoms with Crippen LogP contribution in [0.4, 0.5) is 5.69 Å². The highest BCUT2D eigenvalue weighted by Gasteiger charge is 2.15. The second-order valence-corrected chi connectivity index (χ2v) is 3.89. The third kappa shape index (κ3) is 3.69. The number of nitro benzene ring substituents is 1. The van der Waals surface area contributed by atoms with Gasteiger partial charge in [-0.3, -0.25) is 14.9 Å². The predicted molar refractivity (Wildman–Crippen MR) is 62.1 cm³/mol. The van der Waals surface area contributed by atoms with E-state index in [1.807, 2.05) is 0 Å². The maximum Gasteiger partial charge on any atom is 0.270 e. The number of carbonyl (C=O) groups is 1. The summed E-state index contributed by atoms with van der Waals surface area (Å²) >= 11 is 5.77. The van der Waals surface area contributed by atoms with Crippen molar-refractivity contribution in [2.75, 3.05) is 6.54 Å². The number of amides is 1. The van der Waals surface area contributed by atoms with Crippen LogP contribution < -0.4 is 5.32 Å². The standard InChI is InChI=1S/C10H11ClN2O4/c1-6(14)5-12-10(15)8-4-7(13(16)17)2-3-9(8)11/h2-4,6,14H,5H2,1H3,(H,12,15). The average Bonchev–Trinajstić information content (AvgIpc) is 2.26. The Kier molecular flexibility index (Phi) is 4.42. The summed E-state index contributed by atoms with van der Waals surface area (Å²) in [6.45, 7) is 1.56. The highest BCUT2D eigenvalue weighted by molar-refractivity contribution is 6.33. The molecule has 7 heteroatoms. The van der Waals surface area contributed by atoms with Gasteiger partial charge < -0.3 is 10.4 Å². The number of rotatable bonds is 4. The van der Waals surface area contributed by atoms with Crippen LogP contribution in [0.5, 0.6) is 0 Å². The van der Waals surface area contributed by atoms with Crippen molar-refractivity contribution < 1.29 is 14.8 Å². The monoisotopic (exact) mass is 258 g/mol. The van der Waals surface area contributed by atoms with E-state index in [1.54, 1.807) is 0 Å². The van der Waals surface area contributed by atoms with E-state index < -0.39 is 16.9 Å². The Hall–Kier alpha value is -1.66. The average molecular weight is 259 g/mol. The summed E-state index contributed by atoms with van der Waals surface area (Å²) in [6, 6.07) is 3.60. The smallest absolute Gasteiger partial charge is 0.270 e. The highest BCUT2D eigenvalue weighted by Crippen LogP contribution is 2.21. The fourth-order valence-corrected chi connectivity index (χ4v) is 1.34. The summed E-state index contributed by atoms with van der Waals surface area (Å²) in [7, 11) is 0. The quantitative estimate of drug-likeness (QED) is 0.630. The van der Waals surface area contributed by atoms with Gasteiger partial charge in [-0.05, 0) is 13.0 Å². The Bertz CT molecular complexity index is 448. The molecule has 1 rings (SSSR count). The van der Waals surface area contributed by atoms with Crippen molar-refractivity contribution in [2.45, 2.75) is 13.0 Å². The van der Waals surface area contributed by atoms with Crippen molar-refractivity contribution in [1.29, 1.82) is 0 Å². The zero-order valence-corrected chi connectivity index (χ0v) is 9.77. The normalized spacial score (nSPS) is 11.9. The van der Waals surface area contributed by atoms with E-state index in [0.717, 1.165) is 6.07 Å². The fraction of sp³-hybridized carbons (Fsp3) is 0.300. The first-order valence-corrected chi connectivity index (χ1v) is 5.20. The number of hydrogen-bond acceptors (Lipinski definition) is 4. The zero-order chi connectivity index (χ0) is 13.0. The number of hydrogen-bond donors (Lipinski definition) is 2. The topological polar surface area (TPSA) is 92.5 Å². The number of aliphatic hydroxyl groups is 1. The Morgan fingerprint density at radius 3 is 2.82 bits per heavy atom. The molecule has 0 aliphatic heterocycles. The van der Waals surface area contributed by atoms with Gasteiger partial charge in [0.05, 0.1) is 21.6 Å². The van der Waals surface area contributed by atoms with Gasteiger partial charge in [0.25, 0.3) is 11.6 Å². The predicted octanol–water partition coefficient (Wildman–Crippen LogP) is 1.36. The van der Waals surface area contributed by atoms with Gasteiger partial charge in [-0.15, -0.1) is 0 Å². The van der Waals surface area contributed by atoms with Crippen LogP contribution >= 0.6 is 11.6 Å². The summed E-state index contributed by atoms with van der Waals surface area (Å²) in [5.41, 5.74) is -0.196. The fourth-order valence-electron chi connectivity index (χ4n) is 1.14. The van der Waals surface area contributed by atoms with Crippen molar-refractivity contribution in [1.82, 2.24) is 5.32 Å². The SMILES string of the molecule is CC(O)CNC(=O)c1cc([N+](=O)[O-])ccc1Cl. The molecule has 1 unspecified atom stereocenters. The van der Waals surface area contributed by atoms with Crippen LogP contribution in [0.1, 0.15) is 17.3 Å². The van der Waals surface area contributed by atoms with E-state index in [1.165, 1.54) is 19.1 Å². The number of benzene rings is 1. The molecular formula is C10H11ClN2O4. The number of nitro groups is 1. The summed E-state index contributed by atoms with van der Waals surface area (Å²) in [6.07, 6.45) is -0.698. The molecule has 92 valence electrons. The second-order valence-electron chi connectivity index (χ2n) is 3.48. The lowest BCUT2D eigenvalue weighted by atomic mass is 10.2. The molecule has 1 amide bonds. The van der Waals surface area contributed by atoms with Crippen LogP contribution in [-0.2, 0) is 0 Å². The Labute approximate surface area is 102 Å². The second kappa shape index (κ2) is 5.60. The lowest BCUT2D eigenvalue weighted by Gasteiger charge is -2.08. The molecule has 0 heterocycles. The number of halogens is 1. The van der Waals surface area contributed by atoms with Crippen molar-refractivity contribution in [2.24, 2.45) is 0 Å². The first-order chi connectivity index (χ1) is 7.91. The minimum atomic E-state index is -0.698. The van der Waals surface area contributed by atoms with Crippen molar-refractivity contribution in [3.8, 4) is 0 Å². The van der Waals surface area contributed by atoms with Crippen LogP contribution in [0, 0.1) is 10.1 Å². The molecule has 1 atom stereocenters. The number of aliphatic hydroxyl groups excluding tert-OH is 1. The summed E-state index contributed by atoms with van der Waals surface area (Å²) in [4.78, 5) is 21.6. The minimum absolute atomic E-state index is 0.0153. The number of carbonyl (C=O) groups excluding carboxylic acids is 1. The van der Waals surface area contributed by atoms with Crippen LogP contribution in [-0.4, -0.2) is 28.6 Å². The molecule has 0 aliphatic carbocycles. The van der Waals surface area contributed by atoms with E-state index >= 15 is 0 Å². The minimum Gasteiger partial charge on any atom is -0.392 e. The number of non-ortho nitro benzene ring substituents is 1. The van der Waals surface area contributed by atoms with Gasteiger partial charge in [0.2, 0.25) is 0 Å². The third-order valence-corrected chi connectivity index (χ3v) is 2.29. The van der Waals surface area contributed by atoms with E-state index in [0.29, 0.717) is 0 Å². The van der Waals surface area contributed by atoms with Crippen LogP contribution in [0.2, 0.25) is 5.02 Å². The molecule has 0 saturated carbocycles. The summed E-state index contributed by atoms with van der Waals surface area (Å²) in [5, 5.41) is 22.1. The molecule has 0 radical (unpaired) electrons. The van der Waals surface area contributed by atoms with Gasteiger partial charge in [-0.25, -0.2) is 0 Å². The zero-order valence-electron chi connectivity index (χ0n) is 9.01. The molecule has 6 nitrogen and oxygen atoms in total. The number of nitrogens with zero attached hydrogens (tertiary/aromatic N) is 1. The maximum absolute atomic E-state index is 11.6. The Balaban J connectivity index is 2.92. The van der Waals surface area contributed by atoms with Gasteiger partial charge in [-0.2, -0.15) is 0 Å². The van der Waals surface area contributed by atoms with E-state index in [4.69, 9.17) is 16.7 Å². The lowest BCUT2D eigenvalue weighted by Crippen LogP contribution is -2.30. The van der Waals surface area contributed by atoms with Gasteiger partial charge in [0.15, 0.2) is 0 Å². The van der Waals surface area contributed by atoms with Crippen molar-refractivity contribution in [3.63, 3.8) is 0 Å². The third-order valence-electron chi connectivity index (χ3n) is 1.96. The van der Waals surface area contributed by atoms with Gasteiger partial charge >= 0.3 is 0 Å². The van der Waals surface area contributed by atoms with Crippen LogP contribution in [0.15, 0.2) is 18.2 Å². The van der Waals surface area contributed by atoms with Crippen LogP contribution in [0.3, 0.4) is 0 Å². The molecule has 2 N–H and O–H groups in total. The van der Waals surface area contributed by atoms with E-state index in [2.05, 4.69) is 5.32 Å². The molecule has 0 bridgehead atoms. The molecular weight excluding hydrogens is 248 g/mol. The molecule has 0 aromatic heterocycles. The lowest BCUT2D eigenvalue weighted by molar-refractivity contribution is -0.384. The molecule has 1 aromatic carbocycles. The van der Waals surface area contributed by atoms with Gasteiger partial charge in [0.1, 0.15) is 0 Å². The Morgan fingerprint density at radius 2 is 2.29 bits per heavy atom. The highest BCUT2D eigenvalue weighted by atomic mass is 35.5. The molecule has 0 fully saturated rings. The van der Waals surface area contributed by atoms with Crippen molar-refractivity contribution in [3.05, 3.63) is 38.9 Å². The molecule has 0 aliphatic rings. The van der Waals surface area contributed by atoms with Gasteiger partial charge in [-0.1, -0.05) is 11.6 Å². The van der Waals surface area contributed by atoms with Gasteiger partial charge in [0, 0.05) is 18.7 Å². The summed E-state index contributed by atoms with van der Waals surface area (Å²) in [5.74, 6) is -0.556. The number of nitrogens with one attached hydrogen (secondary N) is 1. The van der Waals surface area contributed by atoms with Crippen LogP contribution in [0.25, 0.3) is 0 Å². The van der Waals surface area contributed by atoms with Crippen molar-refractivity contribution >= 4 is 23.2 Å². The van der Waals surface area contributed by atoms with E-state index in [9.17, 15) is 14.9 Å². The molecule has 17 heavy (non-hydrogen) atoms. The summed E-state index contributed by atoms with van der Waals surface area (Å²) < 4.78 is 0. The molecule has 0 saturated heterocycles. The largest absolute Gasteiger partial charge is 0.392 e. The Morgan fingerprint density at radius 1 is 1.65 bits per heavy atom.